The lowest BCUT2D eigenvalue weighted by Gasteiger charge is -2.04. The molecule has 0 fully saturated rings. The Morgan fingerprint density at radius 2 is 1.21 bits per heavy atom. The zero-order valence-electron chi connectivity index (χ0n) is 8.03. The van der Waals surface area contributed by atoms with Crippen LogP contribution in [0.25, 0.3) is 22.9 Å². The Labute approximate surface area is 84.2 Å². The van der Waals surface area contributed by atoms with Crippen LogP contribution < -0.4 is 0 Å². The number of rotatable bonds is 2. The van der Waals surface area contributed by atoms with Crippen molar-refractivity contribution in [2.24, 2.45) is 0 Å². The third-order valence-electron chi connectivity index (χ3n) is 2.39. The molecule has 0 atom stereocenters. The van der Waals surface area contributed by atoms with Crippen LogP contribution in [0.15, 0.2) is 49.6 Å². The van der Waals surface area contributed by atoms with Crippen LogP contribution in [0.3, 0.4) is 0 Å². The molecule has 0 aliphatic rings. The maximum atomic E-state index is 3.80. The molecule has 0 radical (unpaired) electrons. The summed E-state index contributed by atoms with van der Waals surface area (Å²) in [7, 11) is 0. The molecular weight excluding hydrogens is 168 g/mol. The summed E-state index contributed by atoms with van der Waals surface area (Å²) in [6.45, 7) is 7.60. The average Bonchev–Trinajstić information content (AvgIpc) is 2.27. The van der Waals surface area contributed by atoms with Gasteiger partial charge in [-0.2, -0.15) is 0 Å². The van der Waals surface area contributed by atoms with Crippen LogP contribution in [0.4, 0.5) is 0 Å². The van der Waals surface area contributed by atoms with E-state index in [4.69, 9.17) is 0 Å². The van der Waals surface area contributed by atoms with Crippen LogP contribution in [0.5, 0.6) is 0 Å². The Hall–Kier alpha value is -1.82. The van der Waals surface area contributed by atoms with E-state index in [1.165, 1.54) is 10.8 Å². The number of hydrogen-bond acceptors (Lipinski definition) is 0. The van der Waals surface area contributed by atoms with Gasteiger partial charge in [-0.15, -0.1) is 0 Å². The van der Waals surface area contributed by atoms with Gasteiger partial charge in [0.15, 0.2) is 0 Å². The van der Waals surface area contributed by atoms with E-state index in [-0.39, 0.29) is 0 Å². The minimum absolute atomic E-state index is 1.14. The SMILES string of the molecule is C=Cc1cc2ccccc2cc1C=C. The van der Waals surface area contributed by atoms with Crippen molar-refractivity contribution in [1.82, 2.24) is 0 Å². The zero-order valence-corrected chi connectivity index (χ0v) is 8.03. The highest BCUT2D eigenvalue weighted by Gasteiger charge is 1.98. The topological polar surface area (TPSA) is 0 Å². The fourth-order valence-corrected chi connectivity index (χ4v) is 1.63. The van der Waals surface area contributed by atoms with Gasteiger partial charge in [0.2, 0.25) is 0 Å². The highest BCUT2D eigenvalue weighted by molar-refractivity contribution is 5.88. The molecule has 68 valence electrons. The molecule has 0 amide bonds. The Morgan fingerprint density at radius 3 is 1.57 bits per heavy atom. The lowest BCUT2D eigenvalue weighted by atomic mass is 10.0. The number of benzene rings is 2. The van der Waals surface area contributed by atoms with Crippen molar-refractivity contribution in [1.29, 1.82) is 0 Å². The van der Waals surface area contributed by atoms with E-state index < -0.39 is 0 Å². The highest BCUT2D eigenvalue weighted by atomic mass is 14.0. The van der Waals surface area contributed by atoms with E-state index in [2.05, 4.69) is 37.4 Å². The summed E-state index contributed by atoms with van der Waals surface area (Å²) in [4.78, 5) is 0. The Morgan fingerprint density at radius 1 is 0.786 bits per heavy atom. The van der Waals surface area contributed by atoms with Crippen LogP contribution in [0.2, 0.25) is 0 Å². The fraction of sp³-hybridized carbons (Fsp3) is 0. The van der Waals surface area contributed by atoms with E-state index >= 15 is 0 Å². The zero-order chi connectivity index (χ0) is 9.97. The first kappa shape index (κ1) is 8.76. The third kappa shape index (κ3) is 1.35. The lowest BCUT2D eigenvalue weighted by molar-refractivity contribution is 1.67. The van der Waals surface area contributed by atoms with Gasteiger partial charge in [0.25, 0.3) is 0 Å². The van der Waals surface area contributed by atoms with Gasteiger partial charge in [-0.05, 0) is 34.0 Å². The molecular formula is C14H12. The quantitative estimate of drug-likeness (QED) is 0.652. The summed E-state index contributed by atoms with van der Waals surface area (Å²) in [5.41, 5.74) is 2.28. The second-order valence-electron chi connectivity index (χ2n) is 3.24. The largest absolute Gasteiger partial charge is 0.0984 e. The number of hydrogen-bond donors (Lipinski definition) is 0. The molecule has 0 unspecified atom stereocenters. The molecule has 0 saturated carbocycles. The second-order valence-corrected chi connectivity index (χ2v) is 3.24. The Balaban J connectivity index is 2.81. The summed E-state index contributed by atoms with van der Waals surface area (Å²) >= 11 is 0. The molecule has 0 aliphatic carbocycles. The van der Waals surface area contributed by atoms with Gasteiger partial charge in [0.05, 0.1) is 0 Å². The van der Waals surface area contributed by atoms with E-state index in [0.717, 1.165) is 11.1 Å². The Kier molecular flexibility index (Phi) is 2.19. The predicted octanol–water partition coefficient (Wildman–Crippen LogP) is 4.13. The minimum atomic E-state index is 1.14. The first-order chi connectivity index (χ1) is 6.85. The van der Waals surface area contributed by atoms with Gasteiger partial charge < -0.3 is 0 Å². The van der Waals surface area contributed by atoms with Crippen molar-refractivity contribution in [2.45, 2.75) is 0 Å². The molecule has 0 saturated heterocycles. The summed E-state index contributed by atoms with van der Waals surface area (Å²) in [6, 6.07) is 12.6. The van der Waals surface area contributed by atoms with Gasteiger partial charge in [-0.25, -0.2) is 0 Å². The molecule has 2 rings (SSSR count). The molecule has 0 N–H and O–H groups in total. The van der Waals surface area contributed by atoms with Crippen LogP contribution in [-0.4, -0.2) is 0 Å². The summed E-state index contributed by atoms with van der Waals surface area (Å²) in [6.07, 6.45) is 3.73. The van der Waals surface area contributed by atoms with Gasteiger partial charge in [-0.3, -0.25) is 0 Å². The maximum Gasteiger partial charge on any atom is -0.0178 e. The van der Waals surface area contributed by atoms with Crippen molar-refractivity contribution < 1.29 is 0 Å². The Bertz CT molecular complexity index is 446. The minimum Gasteiger partial charge on any atom is -0.0984 e. The van der Waals surface area contributed by atoms with Crippen LogP contribution in [0.1, 0.15) is 11.1 Å². The van der Waals surface area contributed by atoms with Crippen LogP contribution in [0, 0.1) is 0 Å². The first-order valence-corrected chi connectivity index (χ1v) is 4.63. The molecule has 0 spiro atoms. The van der Waals surface area contributed by atoms with E-state index in [9.17, 15) is 0 Å². The van der Waals surface area contributed by atoms with E-state index in [0.29, 0.717) is 0 Å². The van der Waals surface area contributed by atoms with E-state index in [1.54, 1.807) is 0 Å². The van der Waals surface area contributed by atoms with Crippen LogP contribution in [-0.2, 0) is 0 Å². The van der Waals surface area contributed by atoms with Crippen molar-refractivity contribution in [3.05, 3.63) is 60.7 Å². The molecule has 0 heterocycles. The normalized spacial score (nSPS) is 10.0. The summed E-state index contributed by atoms with van der Waals surface area (Å²) < 4.78 is 0. The second kappa shape index (κ2) is 3.51. The average molecular weight is 180 g/mol. The van der Waals surface area contributed by atoms with Crippen molar-refractivity contribution in [3.63, 3.8) is 0 Å². The van der Waals surface area contributed by atoms with E-state index in [1.807, 2.05) is 24.3 Å². The molecule has 0 nitrogen and oxygen atoms in total. The fourth-order valence-electron chi connectivity index (χ4n) is 1.63. The molecule has 0 aromatic heterocycles. The standard InChI is InChI=1S/C14H12/c1-3-11-9-13-7-5-6-8-14(13)10-12(11)4-2/h3-10H,1-2H2. The lowest BCUT2D eigenvalue weighted by Crippen LogP contribution is -1.81. The van der Waals surface area contributed by atoms with Crippen molar-refractivity contribution >= 4 is 22.9 Å². The van der Waals surface area contributed by atoms with Crippen molar-refractivity contribution in [3.8, 4) is 0 Å². The molecule has 2 aromatic carbocycles. The van der Waals surface area contributed by atoms with Gasteiger partial charge in [0.1, 0.15) is 0 Å². The number of fused-ring (bicyclic) bond motifs is 1. The molecule has 0 aliphatic heterocycles. The highest BCUT2D eigenvalue weighted by Crippen LogP contribution is 2.21. The first-order valence-electron chi connectivity index (χ1n) is 4.63. The van der Waals surface area contributed by atoms with Crippen molar-refractivity contribution in [2.75, 3.05) is 0 Å². The van der Waals surface area contributed by atoms with Crippen LogP contribution >= 0.6 is 0 Å². The van der Waals surface area contributed by atoms with Gasteiger partial charge in [0, 0.05) is 0 Å². The predicted molar refractivity (Wildman–Crippen MR) is 64.1 cm³/mol. The molecule has 0 bridgehead atoms. The molecule has 2 aromatic rings. The molecule has 0 heteroatoms. The molecule has 14 heavy (non-hydrogen) atoms. The third-order valence-corrected chi connectivity index (χ3v) is 2.39. The van der Waals surface area contributed by atoms with Gasteiger partial charge >= 0.3 is 0 Å². The maximum absolute atomic E-state index is 3.80. The summed E-state index contributed by atoms with van der Waals surface area (Å²) in [5.74, 6) is 0. The summed E-state index contributed by atoms with van der Waals surface area (Å²) in [5, 5.41) is 2.49. The van der Waals surface area contributed by atoms with Gasteiger partial charge in [-0.1, -0.05) is 49.6 Å². The smallest absolute Gasteiger partial charge is 0.0178 e. The monoisotopic (exact) mass is 180 g/mol.